The van der Waals surface area contributed by atoms with E-state index in [0.717, 1.165) is 57.8 Å². The molecule has 534 valence electrons. The Kier molecular flexibility index (Phi) is 17.3. The van der Waals surface area contributed by atoms with Crippen molar-refractivity contribution in [3.63, 3.8) is 0 Å². The van der Waals surface area contributed by atoms with Crippen LogP contribution in [0.1, 0.15) is 190 Å². The second kappa shape index (κ2) is 26.5. The Labute approximate surface area is 631 Å². The molecule has 0 N–H and O–H groups in total. The molecule has 7 aliphatic rings. The second-order valence-electron chi connectivity index (χ2n) is 35.1. The highest BCUT2D eigenvalue weighted by Crippen LogP contribution is 2.64. The molecular formula is C102H106N4. The van der Waals surface area contributed by atoms with Gasteiger partial charge >= 0.3 is 0 Å². The van der Waals surface area contributed by atoms with Crippen LogP contribution in [0.25, 0.3) is 71.4 Å². The van der Waals surface area contributed by atoms with Crippen molar-refractivity contribution in [2.75, 3.05) is 4.90 Å². The molecule has 10 aromatic rings. The van der Waals surface area contributed by atoms with Crippen molar-refractivity contribution in [2.24, 2.45) is 17.8 Å². The molecular weight excluding hydrogens is 1280 g/mol. The minimum atomic E-state index is -0.613. The fraction of sp³-hybridized carbons (Fsp3) is 0.314. The van der Waals surface area contributed by atoms with Gasteiger partial charge in [0.25, 0.3) is 0 Å². The fourth-order valence-electron chi connectivity index (χ4n) is 19.0. The van der Waals surface area contributed by atoms with Crippen molar-refractivity contribution < 1.29 is 0 Å². The van der Waals surface area contributed by atoms with E-state index in [1.54, 1.807) is 0 Å². The summed E-state index contributed by atoms with van der Waals surface area (Å²) in [4.78, 5) is 5.59. The quantitative estimate of drug-likeness (QED) is 0.114. The highest BCUT2D eigenvalue weighted by molar-refractivity contribution is 6.13. The Bertz CT molecular complexity index is 5520. The zero-order valence-corrected chi connectivity index (χ0v) is 65.2. The molecule has 8 aromatic carbocycles. The molecule has 4 heteroatoms. The Morgan fingerprint density at radius 3 is 1.51 bits per heavy atom. The molecule has 0 amide bonds. The van der Waals surface area contributed by atoms with E-state index in [1.165, 1.54) is 161 Å². The van der Waals surface area contributed by atoms with Gasteiger partial charge in [-0.3, -0.25) is 0 Å². The van der Waals surface area contributed by atoms with Crippen molar-refractivity contribution >= 4 is 77.0 Å². The maximum atomic E-state index is 2.80. The van der Waals surface area contributed by atoms with E-state index >= 15 is 0 Å². The molecule has 5 atom stereocenters. The van der Waals surface area contributed by atoms with Gasteiger partial charge in [-0.2, -0.15) is 0 Å². The molecule has 0 bridgehead atoms. The fourth-order valence-corrected chi connectivity index (χ4v) is 19.0. The van der Waals surface area contributed by atoms with E-state index < -0.39 is 5.41 Å². The van der Waals surface area contributed by atoms with Gasteiger partial charge in [0.05, 0.1) is 39.6 Å². The highest BCUT2D eigenvalue weighted by atomic mass is 15.2. The van der Waals surface area contributed by atoms with Crippen LogP contribution in [0.5, 0.6) is 0 Å². The molecule has 17 rings (SSSR count). The minimum Gasteiger partial charge on any atom is -0.338 e. The van der Waals surface area contributed by atoms with E-state index in [-0.39, 0.29) is 34.2 Å². The smallest absolute Gasteiger partial charge is 0.0560 e. The molecule has 0 spiro atoms. The van der Waals surface area contributed by atoms with Crippen molar-refractivity contribution in [3.8, 4) is 0 Å². The third kappa shape index (κ3) is 11.9. The van der Waals surface area contributed by atoms with Crippen LogP contribution in [0.4, 0.5) is 5.69 Å². The molecule has 4 nitrogen and oxygen atoms in total. The summed E-state index contributed by atoms with van der Waals surface area (Å²) >= 11 is 0. The summed E-state index contributed by atoms with van der Waals surface area (Å²) in [7, 11) is 0. The van der Waals surface area contributed by atoms with Crippen molar-refractivity contribution in [1.29, 1.82) is 0 Å². The van der Waals surface area contributed by atoms with Gasteiger partial charge in [-0.15, -0.1) is 0 Å². The number of rotatable bonds is 13. The van der Waals surface area contributed by atoms with Gasteiger partial charge in [0.15, 0.2) is 0 Å². The number of hydrogen-bond donors (Lipinski definition) is 0. The molecule has 5 unspecified atom stereocenters. The summed E-state index contributed by atoms with van der Waals surface area (Å²) in [6.07, 6.45) is 48.4. The van der Waals surface area contributed by atoms with Crippen LogP contribution >= 0.6 is 0 Å². The van der Waals surface area contributed by atoms with Gasteiger partial charge in [-0.05, 0) is 235 Å². The standard InChI is InChI=1S/C102H106N4/c1-15-68(5)69-36-47-77(48-37-69)103(79-25-21-27-81(61-79)106-95-55-45-75(100(9,10)11)59-89(95)90-60-76(101(12,13)14)46-56-96(90)106)83-51-52-86-91(63-83)102(72-40-31-65(2)32-41-72,73-42-33-66(3)34-43-73)92-64-97(84-29-19-20-30-85(84)98(86)92)104(78-49-38-71(39-50-78)70-23-17-16-18-24-70)80-26-22-28-82(62-80)105-93-53-35-67(4)57-87(93)88-58-74(99(6,7)8)44-54-94(88)105/h16-20,23,25-26,29-47,49,51-62,64,68,70,77-78,91H,15,21-22,24,27-28,48,50,63H2,1-14H3. The number of fused-ring (bicyclic) bond motifs is 11. The molecule has 0 fully saturated rings. The molecule has 2 aromatic heterocycles. The van der Waals surface area contributed by atoms with Gasteiger partial charge < -0.3 is 18.9 Å². The largest absolute Gasteiger partial charge is 0.338 e. The predicted octanol–water partition coefficient (Wildman–Crippen LogP) is 26.7. The van der Waals surface area contributed by atoms with E-state index in [2.05, 4.69) is 365 Å². The highest BCUT2D eigenvalue weighted by Gasteiger charge is 2.54. The Balaban J connectivity index is 0.869. The number of nitrogens with zero attached hydrogens (tertiary/aromatic N) is 4. The molecule has 0 aliphatic heterocycles. The first kappa shape index (κ1) is 69.2. The third-order valence-corrected chi connectivity index (χ3v) is 25.1. The normalized spacial score (nSPS) is 20.4. The van der Waals surface area contributed by atoms with Gasteiger partial charge in [0.2, 0.25) is 0 Å². The van der Waals surface area contributed by atoms with Crippen LogP contribution in [0, 0.1) is 38.5 Å². The number of aromatic nitrogens is 2. The lowest BCUT2D eigenvalue weighted by atomic mass is 9.62. The van der Waals surface area contributed by atoms with E-state index in [1.807, 2.05) is 0 Å². The predicted molar refractivity (Wildman–Crippen MR) is 455 cm³/mol. The Hall–Kier alpha value is -9.90. The lowest BCUT2D eigenvalue weighted by Crippen LogP contribution is -2.39. The molecule has 0 radical (unpaired) electrons. The number of benzene rings is 8. The Morgan fingerprint density at radius 2 is 1.00 bits per heavy atom. The van der Waals surface area contributed by atoms with Crippen LogP contribution in [-0.2, 0) is 21.7 Å². The van der Waals surface area contributed by atoms with E-state index in [9.17, 15) is 0 Å². The average Bonchev–Trinajstić information content (AvgIpc) is 1.51. The van der Waals surface area contributed by atoms with Gasteiger partial charge in [0.1, 0.15) is 0 Å². The lowest BCUT2D eigenvalue weighted by Gasteiger charge is -2.44. The van der Waals surface area contributed by atoms with Crippen LogP contribution in [-0.4, -0.2) is 26.1 Å². The first-order valence-electron chi connectivity index (χ1n) is 39.8. The van der Waals surface area contributed by atoms with Crippen molar-refractivity contribution in [1.82, 2.24) is 14.0 Å². The first-order valence-corrected chi connectivity index (χ1v) is 39.8. The molecule has 0 saturated carbocycles. The zero-order valence-electron chi connectivity index (χ0n) is 65.2. The van der Waals surface area contributed by atoms with Crippen molar-refractivity contribution in [3.05, 3.63) is 333 Å². The number of anilines is 1. The SMILES string of the molecule is CCC(C)C1=CCC(N(C2=CCCC(n3c4ccc(C(C)(C)C)cc4c4cc(C(C)(C)C)ccc43)=C2)C2=CC=C3c4c(cc(N(C5=CCCC(n6c7ccc(C)cc7c7cc(C(C)(C)C)ccc76)=C5)C5C=CC(C6C=CC=CC6)=CC5)c5ccccc45)C(c4ccc(C)cc4)(c4ccc(C)cc4)C3C2)C=C1. The van der Waals surface area contributed by atoms with Crippen LogP contribution in [0.2, 0.25) is 0 Å². The van der Waals surface area contributed by atoms with E-state index in [0.29, 0.717) is 11.8 Å². The van der Waals surface area contributed by atoms with Crippen LogP contribution in [0.3, 0.4) is 0 Å². The summed E-state index contributed by atoms with van der Waals surface area (Å²) in [5.41, 5.74) is 30.0. The van der Waals surface area contributed by atoms with E-state index in [4.69, 9.17) is 0 Å². The number of allylic oxidation sites excluding steroid dienone is 18. The second-order valence-corrected chi connectivity index (χ2v) is 35.1. The summed E-state index contributed by atoms with van der Waals surface area (Å²) in [6.45, 7) is 32.6. The molecule has 2 heterocycles. The number of aryl methyl sites for hydroxylation is 3. The minimum absolute atomic E-state index is 0.0118. The van der Waals surface area contributed by atoms with Gasteiger partial charge in [-0.25, -0.2) is 0 Å². The monoisotopic (exact) mass is 1390 g/mol. The Morgan fingerprint density at radius 1 is 0.491 bits per heavy atom. The van der Waals surface area contributed by atoms with Crippen LogP contribution < -0.4 is 4.90 Å². The summed E-state index contributed by atoms with van der Waals surface area (Å²) < 4.78 is 5.25. The lowest BCUT2D eigenvalue weighted by molar-refractivity contribution is 0.330. The average molecular weight is 1390 g/mol. The summed E-state index contributed by atoms with van der Waals surface area (Å²) in [5, 5.41) is 7.91. The number of hydrogen-bond acceptors (Lipinski definition) is 2. The third-order valence-electron chi connectivity index (χ3n) is 25.1. The van der Waals surface area contributed by atoms with Crippen LogP contribution in [0.15, 0.2) is 277 Å². The summed E-state index contributed by atoms with van der Waals surface area (Å²) in [6, 6.07) is 60.9. The molecule has 0 saturated heterocycles. The zero-order chi connectivity index (χ0) is 73.3. The maximum Gasteiger partial charge on any atom is 0.0560 e. The topological polar surface area (TPSA) is 16.3 Å². The molecule has 7 aliphatic carbocycles. The first-order chi connectivity index (χ1) is 51.0. The van der Waals surface area contributed by atoms with Crippen molar-refractivity contribution in [2.45, 2.75) is 188 Å². The molecule has 106 heavy (non-hydrogen) atoms. The summed E-state index contributed by atoms with van der Waals surface area (Å²) in [5.74, 6) is 0.889. The van der Waals surface area contributed by atoms with Gasteiger partial charge in [0, 0.05) is 72.9 Å². The maximum absolute atomic E-state index is 2.80. The van der Waals surface area contributed by atoms with Gasteiger partial charge in [-0.1, -0.05) is 269 Å².